The summed E-state index contributed by atoms with van der Waals surface area (Å²) in [6.45, 7) is 9.79. The van der Waals surface area contributed by atoms with Gasteiger partial charge in [0.2, 0.25) is 0 Å². The van der Waals surface area contributed by atoms with Crippen LogP contribution in [0.15, 0.2) is 18.2 Å². The Labute approximate surface area is 163 Å². The number of carbonyl (C=O) groups excluding carboxylic acids is 1. The molecule has 1 aromatic rings. The summed E-state index contributed by atoms with van der Waals surface area (Å²) in [6.07, 6.45) is 2.25. The van der Waals surface area contributed by atoms with E-state index in [1.54, 1.807) is 6.07 Å². The monoisotopic (exact) mass is 391 g/mol. The molecule has 0 atom stereocenters. The summed E-state index contributed by atoms with van der Waals surface area (Å²) >= 11 is 0. The molecule has 0 aromatic heterocycles. The van der Waals surface area contributed by atoms with E-state index in [4.69, 9.17) is 10.5 Å². The third kappa shape index (κ3) is 7.82. The summed E-state index contributed by atoms with van der Waals surface area (Å²) in [5.74, 6) is -0.0172. The lowest BCUT2D eigenvalue weighted by Gasteiger charge is -2.32. The first kappa shape index (κ1) is 24.0. The molecule has 1 heterocycles. The molecule has 0 unspecified atom stereocenters. The second-order valence-electron chi connectivity index (χ2n) is 6.58. The Kier molecular flexibility index (Phi) is 11.1. The van der Waals surface area contributed by atoms with E-state index in [2.05, 4.69) is 24.1 Å². The number of nitrogens with zero attached hydrogens (tertiary/aromatic N) is 1. The highest BCUT2D eigenvalue weighted by molar-refractivity contribution is 5.96. The molecule has 0 spiro atoms. The molecule has 0 radical (unpaired) electrons. The maximum atomic E-state index is 12.4. The van der Waals surface area contributed by atoms with Crippen LogP contribution in [0.3, 0.4) is 0 Å². The van der Waals surface area contributed by atoms with Crippen LogP contribution in [0.2, 0.25) is 0 Å². The number of nitrogens with one attached hydrogen (secondary N) is 1. The zero-order chi connectivity index (χ0) is 16.8. The highest BCUT2D eigenvalue weighted by atomic mass is 35.5. The lowest BCUT2D eigenvalue weighted by molar-refractivity contribution is 0.0520. The van der Waals surface area contributed by atoms with Gasteiger partial charge >= 0.3 is 0 Å². The van der Waals surface area contributed by atoms with E-state index in [0.29, 0.717) is 11.3 Å². The molecule has 0 saturated carbocycles. The normalized spacial score (nSPS) is 15.4. The fourth-order valence-electron chi connectivity index (χ4n) is 2.87. The Morgan fingerprint density at radius 2 is 1.96 bits per heavy atom. The molecule has 1 amide bonds. The van der Waals surface area contributed by atoms with E-state index in [1.165, 1.54) is 0 Å². The minimum absolute atomic E-state index is 0. The molecule has 25 heavy (non-hydrogen) atoms. The van der Waals surface area contributed by atoms with E-state index in [-0.39, 0.29) is 42.9 Å². The van der Waals surface area contributed by atoms with Gasteiger partial charge in [0, 0.05) is 36.9 Å². The van der Waals surface area contributed by atoms with Crippen LogP contribution in [-0.4, -0.2) is 49.2 Å². The predicted molar refractivity (Wildman–Crippen MR) is 108 cm³/mol. The molecule has 1 fully saturated rings. The van der Waals surface area contributed by atoms with Crippen LogP contribution in [-0.2, 0) is 4.74 Å². The van der Waals surface area contributed by atoms with Gasteiger partial charge in [-0.25, -0.2) is 0 Å². The number of aryl methyl sites for hydroxylation is 1. The summed E-state index contributed by atoms with van der Waals surface area (Å²) in [5.41, 5.74) is 8.05. The molecule has 0 bridgehead atoms. The highest BCUT2D eigenvalue weighted by Crippen LogP contribution is 2.15. The van der Waals surface area contributed by atoms with Gasteiger partial charge in [0.1, 0.15) is 0 Å². The van der Waals surface area contributed by atoms with Crippen molar-refractivity contribution in [2.24, 2.45) is 0 Å². The molecule has 1 aliphatic rings. The van der Waals surface area contributed by atoms with Gasteiger partial charge in [-0.3, -0.25) is 4.79 Å². The molecule has 5 nitrogen and oxygen atoms in total. The Bertz CT molecular complexity index is 533. The van der Waals surface area contributed by atoms with Crippen LogP contribution in [0.5, 0.6) is 0 Å². The zero-order valence-corrected chi connectivity index (χ0v) is 16.9. The lowest BCUT2D eigenvalue weighted by Crippen LogP contribution is -2.45. The van der Waals surface area contributed by atoms with Crippen molar-refractivity contribution < 1.29 is 9.53 Å². The lowest BCUT2D eigenvalue weighted by atomic mass is 10.0. The standard InChI is InChI=1S/C18H29N3O2.2ClH/c1-13(2)23-11-10-21-8-6-16(7-9-21)20-18(22)17-12-15(19)5-4-14(17)3;;/h4-5,12-13,16H,6-11,19H2,1-3H3,(H,20,22);2*1H. The maximum absolute atomic E-state index is 12.4. The number of halogens is 2. The van der Waals surface area contributed by atoms with Crippen molar-refractivity contribution in [1.82, 2.24) is 10.2 Å². The number of likely N-dealkylation sites (tertiary alicyclic amines) is 1. The van der Waals surface area contributed by atoms with Gasteiger partial charge in [-0.1, -0.05) is 6.07 Å². The first-order valence-corrected chi connectivity index (χ1v) is 8.46. The number of ether oxygens (including phenoxy) is 1. The smallest absolute Gasteiger partial charge is 0.251 e. The van der Waals surface area contributed by atoms with Crippen LogP contribution in [0.1, 0.15) is 42.6 Å². The van der Waals surface area contributed by atoms with Crippen LogP contribution in [0.25, 0.3) is 0 Å². The van der Waals surface area contributed by atoms with Gasteiger partial charge in [-0.05, 0) is 51.3 Å². The molecule has 1 saturated heterocycles. The van der Waals surface area contributed by atoms with E-state index in [0.717, 1.165) is 44.6 Å². The number of piperidine rings is 1. The number of rotatable bonds is 6. The summed E-state index contributed by atoms with van der Waals surface area (Å²) < 4.78 is 5.59. The van der Waals surface area contributed by atoms with E-state index < -0.39 is 0 Å². The SMILES string of the molecule is Cc1ccc(N)cc1C(=O)NC1CCN(CCOC(C)C)CC1.Cl.Cl. The molecule has 7 heteroatoms. The molecule has 3 N–H and O–H groups in total. The fraction of sp³-hybridized carbons (Fsp3) is 0.611. The number of anilines is 1. The van der Waals surface area contributed by atoms with E-state index >= 15 is 0 Å². The van der Waals surface area contributed by atoms with Crippen molar-refractivity contribution in [1.29, 1.82) is 0 Å². The quantitative estimate of drug-likeness (QED) is 0.731. The molecule has 2 rings (SSSR count). The molecule has 0 aliphatic carbocycles. The van der Waals surface area contributed by atoms with Gasteiger partial charge in [0.05, 0.1) is 12.7 Å². The summed E-state index contributed by atoms with van der Waals surface area (Å²) in [7, 11) is 0. The minimum atomic E-state index is -0.0172. The van der Waals surface area contributed by atoms with Gasteiger partial charge in [-0.2, -0.15) is 0 Å². The third-order valence-corrected chi connectivity index (χ3v) is 4.29. The zero-order valence-electron chi connectivity index (χ0n) is 15.3. The Hall–Kier alpha value is -1.01. The van der Waals surface area contributed by atoms with Crippen molar-refractivity contribution in [2.45, 2.75) is 45.8 Å². The van der Waals surface area contributed by atoms with Gasteiger partial charge in [-0.15, -0.1) is 24.8 Å². The first-order valence-electron chi connectivity index (χ1n) is 8.46. The topological polar surface area (TPSA) is 67.6 Å². The molecule has 144 valence electrons. The summed E-state index contributed by atoms with van der Waals surface area (Å²) in [4.78, 5) is 14.8. The number of nitrogens with two attached hydrogens (primary N) is 1. The van der Waals surface area contributed by atoms with Crippen molar-refractivity contribution >= 4 is 36.4 Å². The van der Waals surface area contributed by atoms with Crippen molar-refractivity contribution in [3.8, 4) is 0 Å². The average molecular weight is 392 g/mol. The van der Waals surface area contributed by atoms with Crippen LogP contribution in [0.4, 0.5) is 5.69 Å². The number of benzene rings is 1. The highest BCUT2D eigenvalue weighted by Gasteiger charge is 2.21. The molecular formula is C18H31Cl2N3O2. The van der Waals surface area contributed by atoms with Gasteiger partial charge in [0.25, 0.3) is 5.91 Å². The summed E-state index contributed by atoms with van der Waals surface area (Å²) in [6, 6.07) is 5.71. The number of amides is 1. The van der Waals surface area contributed by atoms with Crippen LogP contribution in [0, 0.1) is 6.92 Å². The van der Waals surface area contributed by atoms with Crippen molar-refractivity contribution in [3.63, 3.8) is 0 Å². The van der Waals surface area contributed by atoms with Crippen molar-refractivity contribution in [3.05, 3.63) is 29.3 Å². The van der Waals surface area contributed by atoms with Crippen LogP contribution >= 0.6 is 24.8 Å². The fourth-order valence-corrected chi connectivity index (χ4v) is 2.87. The summed E-state index contributed by atoms with van der Waals surface area (Å²) in [5, 5.41) is 3.15. The molecule has 1 aliphatic heterocycles. The number of nitrogen functional groups attached to an aromatic ring is 1. The second-order valence-corrected chi connectivity index (χ2v) is 6.58. The van der Waals surface area contributed by atoms with Gasteiger partial charge < -0.3 is 20.7 Å². The van der Waals surface area contributed by atoms with E-state index in [1.807, 2.05) is 19.1 Å². The molecular weight excluding hydrogens is 361 g/mol. The molecule has 1 aromatic carbocycles. The number of hydrogen-bond acceptors (Lipinski definition) is 4. The third-order valence-electron chi connectivity index (χ3n) is 4.29. The van der Waals surface area contributed by atoms with E-state index in [9.17, 15) is 4.79 Å². The maximum Gasteiger partial charge on any atom is 0.251 e. The Morgan fingerprint density at radius 1 is 1.32 bits per heavy atom. The average Bonchev–Trinajstić information content (AvgIpc) is 2.51. The van der Waals surface area contributed by atoms with Crippen LogP contribution < -0.4 is 11.1 Å². The first-order chi connectivity index (χ1) is 11.0. The van der Waals surface area contributed by atoms with Gasteiger partial charge in [0.15, 0.2) is 0 Å². The second kappa shape index (κ2) is 11.6. The number of hydrogen-bond donors (Lipinski definition) is 2. The Morgan fingerprint density at radius 3 is 2.56 bits per heavy atom. The minimum Gasteiger partial charge on any atom is -0.399 e. The van der Waals surface area contributed by atoms with Crippen molar-refractivity contribution in [2.75, 3.05) is 32.0 Å². The number of carbonyl (C=O) groups is 1. The predicted octanol–water partition coefficient (Wildman–Crippen LogP) is 3.04. The largest absolute Gasteiger partial charge is 0.399 e. The Balaban J connectivity index is 0.00000288.